The molecule has 0 saturated carbocycles. The number of methoxy groups -OCH3 is 2. The number of hydrogen-bond acceptors (Lipinski definition) is 6. The summed E-state index contributed by atoms with van der Waals surface area (Å²) >= 11 is 1.73. The van der Waals surface area contributed by atoms with Crippen molar-refractivity contribution in [3.8, 4) is 11.5 Å². The van der Waals surface area contributed by atoms with E-state index in [9.17, 15) is 0 Å². The van der Waals surface area contributed by atoms with Gasteiger partial charge in [-0.1, -0.05) is 12.1 Å². The first-order valence-corrected chi connectivity index (χ1v) is 11.0. The summed E-state index contributed by atoms with van der Waals surface area (Å²) in [5.41, 5.74) is 1.17. The van der Waals surface area contributed by atoms with Gasteiger partial charge in [0.05, 0.1) is 20.8 Å². The Balaban J connectivity index is 0.00000363. The third-order valence-corrected chi connectivity index (χ3v) is 5.98. The number of rotatable bonds is 9. The molecule has 174 valence electrons. The van der Waals surface area contributed by atoms with Gasteiger partial charge in [-0.05, 0) is 42.5 Å². The van der Waals surface area contributed by atoms with Gasteiger partial charge in [-0.25, -0.2) is 4.99 Å². The molecular weight excluding hydrogens is 539 g/mol. The zero-order valence-electron chi connectivity index (χ0n) is 19.2. The number of aryl methyl sites for hydroxylation is 1. The summed E-state index contributed by atoms with van der Waals surface area (Å²) in [4.78, 5) is 8.20. The van der Waals surface area contributed by atoms with Crippen LogP contribution >= 0.6 is 35.3 Å². The van der Waals surface area contributed by atoms with E-state index in [-0.39, 0.29) is 24.0 Å². The average molecular weight is 571 g/mol. The van der Waals surface area contributed by atoms with Gasteiger partial charge in [0.1, 0.15) is 12.4 Å². The number of benzene rings is 1. The summed E-state index contributed by atoms with van der Waals surface area (Å²) in [6.45, 7) is 3.93. The third kappa shape index (κ3) is 6.83. The first-order valence-electron chi connectivity index (χ1n) is 10.1. The Hall–Kier alpha value is -2.34. The fraction of sp³-hybridized carbons (Fsp3) is 0.409. The summed E-state index contributed by atoms with van der Waals surface area (Å²) in [5, 5.41) is 13.9. The Morgan fingerprint density at radius 1 is 1.19 bits per heavy atom. The Bertz CT molecular complexity index is 1010. The minimum absolute atomic E-state index is 0. The lowest BCUT2D eigenvalue weighted by Gasteiger charge is -2.22. The zero-order chi connectivity index (χ0) is 22.2. The van der Waals surface area contributed by atoms with Gasteiger partial charge >= 0.3 is 0 Å². The zero-order valence-corrected chi connectivity index (χ0v) is 22.3. The van der Waals surface area contributed by atoms with E-state index in [0.717, 1.165) is 48.6 Å². The second-order valence-electron chi connectivity index (χ2n) is 7.16. The van der Waals surface area contributed by atoms with Crippen molar-refractivity contribution in [2.75, 3.05) is 27.8 Å². The van der Waals surface area contributed by atoms with Gasteiger partial charge in [0.2, 0.25) is 0 Å². The van der Waals surface area contributed by atoms with Crippen molar-refractivity contribution in [2.24, 2.45) is 12.0 Å². The number of likely N-dealkylation sites (N-methyl/N-ethyl adjacent to an activating group) is 1. The molecule has 3 rings (SSSR count). The molecule has 0 spiro atoms. The average Bonchev–Trinajstić information content (AvgIpc) is 3.42. The Kier molecular flexibility index (Phi) is 10.2. The van der Waals surface area contributed by atoms with Gasteiger partial charge in [-0.2, -0.15) is 0 Å². The largest absolute Gasteiger partial charge is 0.493 e. The van der Waals surface area contributed by atoms with E-state index in [4.69, 9.17) is 14.5 Å². The summed E-state index contributed by atoms with van der Waals surface area (Å²) in [6, 6.07) is 10.2. The van der Waals surface area contributed by atoms with Crippen LogP contribution in [-0.4, -0.2) is 53.4 Å². The molecule has 3 aromatic rings. The van der Waals surface area contributed by atoms with E-state index in [1.165, 1.54) is 10.4 Å². The monoisotopic (exact) mass is 570 g/mol. The van der Waals surface area contributed by atoms with E-state index < -0.39 is 0 Å². The number of nitrogens with zero attached hydrogens (tertiary/aromatic N) is 5. The van der Waals surface area contributed by atoms with Crippen LogP contribution in [0.2, 0.25) is 0 Å². The predicted molar refractivity (Wildman–Crippen MR) is 139 cm³/mol. The van der Waals surface area contributed by atoms with Crippen molar-refractivity contribution >= 4 is 41.3 Å². The van der Waals surface area contributed by atoms with Gasteiger partial charge < -0.3 is 24.3 Å². The van der Waals surface area contributed by atoms with Crippen LogP contribution in [-0.2, 0) is 26.6 Å². The molecule has 2 heterocycles. The first-order chi connectivity index (χ1) is 15.0. The minimum atomic E-state index is 0. The minimum Gasteiger partial charge on any atom is -0.493 e. The highest BCUT2D eigenvalue weighted by Gasteiger charge is 2.11. The number of thiophene rings is 1. The van der Waals surface area contributed by atoms with E-state index in [2.05, 4.69) is 44.0 Å². The van der Waals surface area contributed by atoms with E-state index in [1.807, 2.05) is 37.7 Å². The predicted octanol–water partition coefficient (Wildman–Crippen LogP) is 3.64. The molecule has 0 amide bonds. The second kappa shape index (κ2) is 12.6. The molecule has 1 aromatic carbocycles. The molecular formula is C22H31IN6O2S. The van der Waals surface area contributed by atoms with Crippen molar-refractivity contribution in [1.29, 1.82) is 0 Å². The maximum Gasteiger partial charge on any atom is 0.194 e. The van der Waals surface area contributed by atoms with Gasteiger partial charge in [-0.15, -0.1) is 45.5 Å². The molecule has 0 saturated heterocycles. The fourth-order valence-corrected chi connectivity index (χ4v) is 3.71. The van der Waals surface area contributed by atoms with Crippen LogP contribution in [0.4, 0.5) is 0 Å². The fourth-order valence-electron chi connectivity index (χ4n) is 3.06. The van der Waals surface area contributed by atoms with Gasteiger partial charge in [-0.3, -0.25) is 0 Å². The lowest BCUT2D eigenvalue weighted by molar-refractivity contribution is 0.354. The van der Waals surface area contributed by atoms with Crippen molar-refractivity contribution in [3.05, 3.63) is 57.8 Å². The molecule has 0 unspecified atom stereocenters. The SMILES string of the molecule is COc1ccc(CCN(C)C(=NCc2nnc(C)n2C)NCc2cccs2)cc1OC.I. The van der Waals surface area contributed by atoms with Crippen LogP contribution in [0.25, 0.3) is 0 Å². The van der Waals surface area contributed by atoms with Crippen LogP contribution in [0.5, 0.6) is 11.5 Å². The van der Waals surface area contributed by atoms with E-state index in [0.29, 0.717) is 6.54 Å². The van der Waals surface area contributed by atoms with E-state index in [1.54, 1.807) is 25.6 Å². The van der Waals surface area contributed by atoms with Crippen molar-refractivity contribution in [1.82, 2.24) is 25.0 Å². The summed E-state index contributed by atoms with van der Waals surface area (Å²) in [6.07, 6.45) is 0.847. The van der Waals surface area contributed by atoms with Crippen LogP contribution in [0, 0.1) is 6.92 Å². The Labute approximate surface area is 210 Å². The number of hydrogen-bond donors (Lipinski definition) is 1. The standard InChI is InChI=1S/C22H30N6O2S.HI/c1-16-25-26-21(28(16)3)15-24-22(23-14-18-7-6-12-31-18)27(2)11-10-17-8-9-19(29-4)20(13-17)30-5;/h6-9,12-13H,10-11,14-15H2,1-5H3,(H,23,24);1H. The number of nitrogens with one attached hydrogen (secondary N) is 1. The topological polar surface area (TPSA) is 76.8 Å². The van der Waals surface area contributed by atoms with Gasteiger partial charge in [0, 0.05) is 25.5 Å². The highest BCUT2D eigenvalue weighted by Crippen LogP contribution is 2.27. The summed E-state index contributed by atoms with van der Waals surface area (Å²) < 4.78 is 12.7. The first kappa shape index (κ1) is 25.9. The number of guanidine groups is 1. The maximum absolute atomic E-state index is 5.42. The Morgan fingerprint density at radius 2 is 1.97 bits per heavy atom. The van der Waals surface area contributed by atoms with Crippen LogP contribution < -0.4 is 14.8 Å². The number of halogens is 1. The molecule has 0 aliphatic heterocycles. The molecule has 0 aliphatic rings. The smallest absolute Gasteiger partial charge is 0.194 e. The summed E-state index contributed by atoms with van der Waals surface area (Å²) in [5.74, 6) is 4.01. The van der Waals surface area contributed by atoms with Gasteiger partial charge in [0.15, 0.2) is 23.3 Å². The second-order valence-corrected chi connectivity index (χ2v) is 8.19. The van der Waals surface area contributed by atoms with Crippen molar-refractivity contribution in [2.45, 2.75) is 26.4 Å². The molecule has 0 fully saturated rings. The summed E-state index contributed by atoms with van der Waals surface area (Å²) in [7, 11) is 7.30. The third-order valence-electron chi connectivity index (χ3n) is 5.10. The Morgan fingerprint density at radius 3 is 2.59 bits per heavy atom. The number of ether oxygens (including phenoxy) is 2. The maximum atomic E-state index is 5.42. The molecule has 10 heteroatoms. The lowest BCUT2D eigenvalue weighted by Crippen LogP contribution is -2.39. The highest BCUT2D eigenvalue weighted by atomic mass is 127. The molecule has 1 N–H and O–H groups in total. The van der Waals surface area contributed by atoms with Gasteiger partial charge in [0.25, 0.3) is 0 Å². The molecule has 0 aliphatic carbocycles. The molecule has 0 radical (unpaired) electrons. The van der Waals surface area contributed by atoms with Crippen LogP contribution in [0.15, 0.2) is 40.7 Å². The molecule has 2 aromatic heterocycles. The molecule has 0 bridgehead atoms. The van der Waals surface area contributed by atoms with Crippen molar-refractivity contribution in [3.63, 3.8) is 0 Å². The number of aliphatic imine (C=N–C) groups is 1. The molecule has 32 heavy (non-hydrogen) atoms. The highest BCUT2D eigenvalue weighted by molar-refractivity contribution is 14.0. The quantitative estimate of drug-likeness (QED) is 0.241. The molecule has 8 nitrogen and oxygen atoms in total. The van der Waals surface area contributed by atoms with Crippen LogP contribution in [0.3, 0.4) is 0 Å². The van der Waals surface area contributed by atoms with Crippen LogP contribution in [0.1, 0.15) is 22.1 Å². The molecule has 0 atom stereocenters. The van der Waals surface area contributed by atoms with E-state index >= 15 is 0 Å². The number of aromatic nitrogens is 3. The van der Waals surface area contributed by atoms with Crippen molar-refractivity contribution < 1.29 is 9.47 Å². The normalized spacial score (nSPS) is 11.1. The lowest BCUT2D eigenvalue weighted by atomic mass is 10.1.